The lowest BCUT2D eigenvalue weighted by atomic mass is 9.83. The average molecular weight is 251 g/mol. The van der Waals surface area contributed by atoms with Crippen LogP contribution in [-0.2, 0) is 6.54 Å². The Labute approximate surface area is 110 Å². The second-order valence-electron chi connectivity index (χ2n) is 5.39. The van der Waals surface area contributed by atoms with Gasteiger partial charge in [0.2, 0.25) is 0 Å². The summed E-state index contributed by atoms with van der Waals surface area (Å²) in [7, 11) is 0. The first kappa shape index (κ1) is 13.1. The summed E-state index contributed by atoms with van der Waals surface area (Å²) in [6.07, 6.45) is 6.99. The topological polar surface area (TPSA) is 12.0 Å². The Kier molecular flexibility index (Phi) is 4.63. The molecule has 17 heavy (non-hydrogen) atoms. The summed E-state index contributed by atoms with van der Waals surface area (Å²) in [5.74, 6) is 0.908. The lowest BCUT2D eigenvalue weighted by molar-refractivity contribution is 0.255. The molecule has 0 spiro atoms. The van der Waals surface area contributed by atoms with Gasteiger partial charge in [-0.1, -0.05) is 26.2 Å². The minimum atomic E-state index is 0.761. The molecule has 1 heterocycles. The Morgan fingerprint density at radius 1 is 1.29 bits per heavy atom. The molecule has 1 fully saturated rings. The van der Waals surface area contributed by atoms with E-state index in [9.17, 15) is 0 Å². The van der Waals surface area contributed by atoms with Gasteiger partial charge in [0.1, 0.15) is 0 Å². The van der Waals surface area contributed by atoms with Crippen molar-refractivity contribution in [3.05, 3.63) is 21.4 Å². The zero-order valence-electron chi connectivity index (χ0n) is 11.4. The van der Waals surface area contributed by atoms with Gasteiger partial charge in [-0.3, -0.25) is 0 Å². The van der Waals surface area contributed by atoms with Gasteiger partial charge in [0, 0.05) is 22.3 Å². The van der Waals surface area contributed by atoms with E-state index in [0.717, 1.165) is 18.5 Å². The highest BCUT2D eigenvalue weighted by molar-refractivity contribution is 7.12. The maximum atomic E-state index is 3.79. The number of rotatable bonds is 4. The maximum absolute atomic E-state index is 3.79. The van der Waals surface area contributed by atoms with Crippen molar-refractivity contribution >= 4 is 11.3 Å². The molecule has 2 rings (SSSR count). The quantitative estimate of drug-likeness (QED) is 0.835. The van der Waals surface area contributed by atoms with Gasteiger partial charge in [-0.15, -0.1) is 11.3 Å². The summed E-state index contributed by atoms with van der Waals surface area (Å²) in [5, 5.41) is 3.79. The van der Waals surface area contributed by atoms with E-state index in [0.29, 0.717) is 0 Å². The Balaban J connectivity index is 1.88. The van der Waals surface area contributed by atoms with Crippen LogP contribution in [0.5, 0.6) is 0 Å². The minimum absolute atomic E-state index is 0.761. The summed E-state index contributed by atoms with van der Waals surface area (Å²) in [5.41, 5.74) is 1.45. The Morgan fingerprint density at radius 2 is 2.06 bits per heavy atom. The smallest absolute Gasteiger partial charge is 0.0302 e. The molecule has 1 aromatic heterocycles. The highest BCUT2D eigenvalue weighted by atomic mass is 32.1. The first-order chi connectivity index (χ1) is 8.20. The van der Waals surface area contributed by atoms with Crippen molar-refractivity contribution in [1.29, 1.82) is 0 Å². The van der Waals surface area contributed by atoms with E-state index in [1.807, 2.05) is 11.3 Å². The van der Waals surface area contributed by atoms with Crippen LogP contribution in [0.4, 0.5) is 0 Å². The fourth-order valence-electron chi connectivity index (χ4n) is 2.93. The molecule has 0 radical (unpaired) electrons. The molecular weight excluding hydrogens is 226 g/mol. The Bertz CT molecular complexity index is 336. The van der Waals surface area contributed by atoms with Gasteiger partial charge >= 0.3 is 0 Å². The molecule has 2 unspecified atom stereocenters. The summed E-state index contributed by atoms with van der Waals surface area (Å²) in [6.45, 7) is 7.84. The van der Waals surface area contributed by atoms with E-state index in [1.54, 1.807) is 0 Å². The lowest BCUT2D eigenvalue weighted by Gasteiger charge is -2.31. The van der Waals surface area contributed by atoms with Gasteiger partial charge < -0.3 is 5.32 Å². The summed E-state index contributed by atoms with van der Waals surface area (Å²) < 4.78 is 0. The number of hydrogen-bond donors (Lipinski definition) is 1. The van der Waals surface area contributed by atoms with Crippen LogP contribution in [0.1, 0.15) is 54.3 Å². The molecule has 1 aliphatic rings. The van der Waals surface area contributed by atoms with Gasteiger partial charge in [0.05, 0.1) is 0 Å². The Hall–Kier alpha value is -0.340. The normalized spacial score (nSPS) is 25.1. The van der Waals surface area contributed by atoms with Crippen LogP contribution in [0.3, 0.4) is 0 Å². The SMILES string of the molecule is CCC1CCCCC1NCc1cc(C)c(C)s1. The summed E-state index contributed by atoms with van der Waals surface area (Å²) in [6, 6.07) is 3.10. The molecule has 0 aliphatic heterocycles. The third kappa shape index (κ3) is 3.32. The summed E-state index contributed by atoms with van der Waals surface area (Å²) >= 11 is 1.95. The van der Waals surface area contributed by atoms with E-state index < -0.39 is 0 Å². The highest BCUT2D eigenvalue weighted by Crippen LogP contribution is 2.27. The molecule has 1 nitrogen and oxygen atoms in total. The van der Waals surface area contributed by atoms with E-state index in [-0.39, 0.29) is 0 Å². The number of aryl methyl sites for hydroxylation is 2. The zero-order valence-corrected chi connectivity index (χ0v) is 12.2. The molecule has 0 bridgehead atoms. The third-order valence-electron chi connectivity index (χ3n) is 4.19. The lowest BCUT2D eigenvalue weighted by Crippen LogP contribution is -2.37. The number of thiophene rings is 1. The molecule has 2 atom stereocenters. The van der Waals surface area contributed by atoms with Crippen molar-refractivity contribution in [1.82, 2.24) is 5.32 Å². The number of nitrogens with one attached hydrogen (secondary N) is 1. The van der Waals surface area contributed by atoms with Crippen molar-refractivity contribution in [2.75, 3.05) is 0 Å². The van der Waals surface area contributed by atoms with E-state index in [4.69, 9.17) is 0 Å². The van der Waals surface area contributed by atoms with Crippen LogP contribution in [-0.4, -0.2) is 6.04 Å². The van der Waals surface area contributed by atoms with Crippen molar-refractivity contribution in [2.45, 2.75) is 65.5 Å². The molecule has 2 heteroatoms. The fraction of sp³-hybridized carbons (Fsp3) is 0.733. The molecule has 1 aliphatic carbocycles. The Morgan fingerprint density at radius 3 is 2.71 bits per heavy atom. The van der Waals surface area contributed by atoms with Crippen LogP contribution in [0, 0.1) is 19.8 Å². The standard InChI is InChI=1S/C15H25NS/c1-4-13-7-5-6-8-15(13)16-10-14-9-11(2)12(3)17-14/h9,13,15-16H,4-8,10H2,1-3H3. The fourth-order valence-corrected chi connectivity index (χ4v) is 3.94. The molecule has 96 valence electrons. The second kappa shape index (κ2) is 6.01. The number of hydrogen-bond acceptors (Lipinski definition) is 2. The molecule has 0 saturated heterocycles. The highest BCUT2D eigenvalue weighted by Gasteiger charge is 2.22. The second-order valence-corrected chi connectivity index (χ2v) is 6.73. The zero-order chi connectivity index (χ0) is 12.3. The van der Waals surface area contributed by atoms with Crippen LogP contribution < -0.4 is 5.32 Å². The minimum Gasteiger partial charge on any atom is -0.309 e. The van der Waals surface area contributed by atoms with Gasteiger partial charge in [-0.25, -0.2) is 0 Å². The average Bonchev–Trinajstić information content (AvgIpc) is 2.66. The largest absolute Gasteiger partial charge is 0.309 e. The van der Waals surface area contributed by atoms with E-state index >= 15 is 0 Å². The predicted molar refractivity (Wildman–Crippen MR) is 76.7 cm³/mol. The first-order valence-electron chi connectivity index (χ1n) is 7.00. The van der Waals surface area contributed by atoms with E-state index in [1.165, 1.54) is 47.4 Å². The molecule has 0 amide bonds. The van der Waals surface area contributed by atoms with Crippen molar-refractivity contribution in [2.24, 2.45) is 5.92 Å². The predicted octanol–water partition coefficient (Wildman–Crippen LogP) is 4.42. The van der Waals surface area contributed by atoms with Crippen molar-refractivity contribution in [3.8, 4) is 0 Å². The van der Waals surface area contributed by atoms with Gasteiger partial charge in [-0.05, 0) is 44.2 Å². The van der Waals surface area contributed by atoms with Gasteiger partial charge in [0.25, 0.3) is 0 Å². The first-order valence-corrected chi connectivity index (χ1v) is 7.81. The van der Waals surface area contributed by atoms with Crippen LogP contribution in [0.2, 0.25) is 0 Å². The maximum Gasteiger partial charge on any atom is 0.0302 e. The van der Waals surface area contributed by atoms with E-state index in [2.05, 4.69) is 32.2 Å². The summed E-state index contributed by atoms with van der Waals surface area (Å²) in [4.78, 5) is 2.97. The van der Waals surface area contributed by atoms with Crippen molar-refractivity contribution in [3.63, 3.8) is 0 Å². The van der Waals surface area contributed by atoms with Crippen LogP contribution in [0.25, 0.3) is 0 Å². The van der Waals surface area contributed by atoms with Gasteiger partial charge in [0.15, 0.2) is 0 Å². The molecule has 0 aromatic carbocycles. The molecule has 1 aromatic rings. The van der Waals surface area contributed by atoms with Crippen molar-refractivity contribution < 1.29 is 0 Å². The van der Waals surface area contributed by atoms with Gasteiger partial charge in [-0.2, -0.15) is 0 Å². The van der Waals surface area contributed by atoms with Crippen LogP contribution >= 0.6 is 11.3 Å². The third-order valence-corrected chi connectivity index (χ3v) is 5.34. The molecule has 1 saturated carbocycles. The monoisotopic (exact) mass is 251 g/mol. The molecule has 1 N–H and O–H groups in total. The molecular formula is C15H25NS. The van der Waals surface area contributed by atoms with Crippen LogP contribution in [0.15, 0.2) is 6.07 Å².